The summed E-state index contributed by atoms with van der Waals surface area (Å²) in [4.78, 5) is 29.2. The molecule has 0 atom stereocenters. The summed E-state index contributed by atoms with van der Waals surface area (Å²) in [5.41, 5.74) is 5.38. The summed E-state index contributed by atoms with van der Waals surface area (Å²) in [6, 6.07) is 18.6. The highest BCUT2D eigenvalue weighted by Gasteiger charge is 2.13. The third kappa shape index (κ3) is 5.04. The predicted octanol–water partition coefficient (Wildman–Crippen LogP) is 4.19. The summed E-state index contributed by atoms with van der Waals surface area (Å²) in [5, 5.41) is 5.68. The third-order valence-electron chi connectivity index (χ3n) is 4.23. The van der Waals surface area contributed by atoms with Gasteiger partial charge in [-0.2, -0.15) is 0 Å². The molecule has 2 N–H and O–H groups in total. The molecule has 0 bridgehead atoms. The molecule has 0 spiro atoms. The zero-order chi connectivity index (χ0) is 20.1. The number of anilines is 1. The number of hydrogen-bond acceptors (Lipinski definition) is 3. The van der Waals surface area contributed by atoms with Crippen molar-refractivity contribution < 1.29 is 9.59 Å². The van der Waals surface area contributed by atoms with Gasteiger partial charge in [0.2, 0.25) is 0 Å². The van der Waals surface area contributed by atoms with Crippen molar-refractivity contribution >= 4 is 17.5 Å². The lowest BCUT2D eigenvalue weighted by Crippen LogP contribution is -2.25. The topological polar surface area (TPSA) is 71.1 Å². The summed E-state index contributed by atoms with van der Waals surface area (Å²) in [6.45, 7) is 6.35. The summed E-state index contributed by atoms with van der Waals surface area (Å²) in [6.07, 6.45) is 0. The van der Waals surface area contributed by atoms with E-state index in [9.17, 15) is 9.59 Å². The molecule has 0 radical (unpaired) electrons. The Hall–Kier alpha value is -3.47. The normalized spacial score (nSPS) is 10.4. The number of amides is 2. The van der Waals surface area contributed by atoms with Gasteiger partial charge >= 0.3 is 0 Å². The number of benzene rings is 2. The van der Waals surface area contributed by atoms with Gasteiger partial charge in [0.25, 0.3) is 11.8 Å². The number of nitrogens with zero attached hydrogens (tertiary/aromatic N) is 1. The summed E-state index contributed by atoms with van der Waals surface area (Å²) >= 11 is 0. The Morgan fingerprint density at radius 3 is 2.11 bits per heavy atom. The zero-order valence-corrected chi connectivity index (χ0v) is 16.2. The van der Waals surface area contributed by atoms with E-state index in [1.807, 2.05) is 63.2 Å². The molecule has 0 fully saturated rings. The molecule has 3 rings (SSSR count). The fraction of sp³-hybridized carbons (Fsp3) is 0.174. The SMILES string of the molecule is Cc1cccc(CNC(=O)c2cccc(C(=O)Nc3cc(C)cc(C)c3)n2)c1. The molecule has 5 nitrogen and oxygen atoms in total. The van der Waals surface area contributed by atoms with E-state index >= 15 is 0 Å². The van der Waals surface area contributed by atoms with Crippen molar-refractivity contribution in [2.75, 3.05) is 5.32 Å². The highest BCUT2D eigenvalue weighted by atomic mass is 16.2. The summed E-state index contributed by atoms with van der Waals surface area (Å²) in [5.74, 6) is -0.666. The maximum absolute atomic E-state index is 12.5. The van der Waals surface area contributed by atoms with Crippen LogP contribution in [0.4, 0.5) is 5.69 Å². The second-order valence-electron chi connectivity index (χ2n) is 6.91. The highest BCUT2D eigenvalue weighted by Crippen LogP contribution is 2.15. The Bertz CT molecular complexity index is 1010. The number of aryl methyl sites for hydroxylation is 3. The molecule has 0 aliphatic rings. The van der Waals surface area contributed by atoms with E-state index in [4.69, 9.17) is 0 Å². The summed E-state index contributed by atoms with van der Waals surface area (Å²) in [7, 11) is 0. The Morgan fingerprint density at radius 2 is 1.43 bits per heavy atom. The second-order valence-corrected chi connectivity index (χ2v) is 6.91. The van der Waals surface area contributed by atoms with Crippen LogP contribution in [0.5, 0.6) is 0 Å². The first-order valence-corrected chi connectivity index (χ1v) is 9.11. The monoisotopic (exact) mass is 373 g/mol. The van der Waals surface area contributed by atoms with Gasteiger partial charge in [-0.25, -0.2) is 4.98 Å². The van der Waals surface area contributed by atoms with Gasteiger partial charge in [-0.15, -0.1) is 0 Å². The first-order chi connectivity index (χ1) is 13.4. The van der Waals surface area contributed by atoms with Crippen molar-refractivity contribution in [1.29, 1.82) is 0 Å². The lowest BCUT2D eigenvalue weighted by Gasteiger charge is -2.09. The van der Waals surface area contributed by atoms with E-state index in [1.165, 1.54) is 0 Å². The Kier molecular flexibility index (Phi) is 5.84. The van der Waals surface area contributed by atoms with Crippen LogP contribution in [0, 0.1) is 20.8 Å². The predicted molar refractivity (Wildman–Crippen MR) is 110 cm³/mol. The summed E-state index contributed by atoms with van der Waals surface area (Å²) < 4.78 is 0. The smallest absolute Gasteiger partial charge is 0.274 e. The fourth-order valence-electron chi connectivity index (χ4n) is 3.02. The van der Waals surface area contributed by atoms with Gasteiger partial charge < -0.3 is 10.6 Å². The molecule has 5 heteroatoms. The lowest BCUT2D eigenvalue weighted by molar-refractivity contribution is 0.0945. The van der Waals surface area contributed by atoms with E-state index in [1.54, 1.807) is 18.2 Å². The fourth-order valence-corrected chi connectivity index (χ4v) is 3.02. The van der Waals surface area contributed by atoms with Crippen LogP contribution in [0.2, 0.25) is 0 Å². The molecule has 0 unspecified atom stereocenters. The van der Waals surface area contributed by atoms with E-state index in [0.29, 0.717) is 12.2 Å². The minimum absolute atomic E-state index is 0.197. The van der Waals surface area contributed by atoms with Crippen LogP contribution in [0.3, 0.4) is 0 Å². The zero-order valence-electron chi connectivity index (χ0n) is 16.2. The molecule has 3 aromatic rings. The van der Waals surface area contributed by atoms with Gasteiger partial charge in [0.1, 0.15) is 11.4 Å². The van der Waals surface area contributed by atoms with Crippen LogP contribution in [-0.2, 0) is 6.54 Å². The molecule has 1 aromatic heterocycles. The second kappa shape index (κ2) is 8.48. The molecule has 0 aliphatic carbocycles. The number of carbonyl (C=O) groups is 2. The van der Waals surface area contributed by atoms with Crippen molar-refractivity contribution in [3.63, 3.8) is 0 Å². The first kappa shape index (κ1) is 19.3. The number of nitrogens with one attached hydrogen (secondary N) is 2. The Balaban J connectivity index is 1.68. The van der Waals surface area contributed by atoms with E-state index in [0.717, 1.165) is 22.3 Å². The standard InChI is InChI=1S/C23H23N3O2/c1-15-6-4-7-18(11-15)14-24-22(27)20-8-5-9-21(26-20)23(28)25-19-12-16(2)10-17(3)13-19/h4-13H,14H2,1-3H3,(H,24,27)(H,25,28). The number of carbonyl (C=O) groups excluding carboxylic acids is 2. The van der Waals surface area contributed by atoms with Gasteiger partial charge in [0.15, 0.2) is 0 Å². The van der Waals surface area contributed by atoms with Crippen LogP contribution in [0.1, 0.15) is 43.2 Å². The van der Waals surface area contributed by atoms with Crippen LogP contribution >= 0.6 is 0 Å². The average Bonchev–Trinajstić information content (AvgIpc) is 2.65. The van der Waals surface area contributed by atoms with Crippen molar-refractivity contribution in [2.24, 2.45) is 0 Å². The molecule has 0 saturated heterocycles. The van der Waals surface area contributed by atoms with Crippen molar-refractivity contribution in [3.05, 3.63) is 94.3 Å². The minimum atomic E-state index is -0.349. The Morgan fingerprint density at radius 1 is 0.786 bits per heavy atom. The van der Waals surface area contributed by atoms with E-state index in [-0.39, 0.29) is 23.2 Å². The van der Waals surface area contributed by atoms with Crippen LogP contribution < -0.4 is 10.6 Å². The molecule has 2 amide bonds. The molecule has 0 saturated carbocycles. The maximum Gasteiger partial charge on any atom is 0.274 e. The van der Waals surface area contributed by atoms with Crippen molar-refractivity contribution in [3.8, 4) is 0 Å². The minimum Gasteiger partial charge on any atom is -0.347 e. The number of rotatable bonds is 5. The molecular weight excluding hydrogens is 350 g/mol. The maximum atomic E-state index is 12.5. The highest BCUT2D eigenvalue weighted by molar-refractivity contribution is 6.03. The number of hydrogen-bond donors (Lipinski definition) is 2. The van der Waals surface area contributed by atoms with E-state index in [2.05, 4.69) is 15.6 Å². The van der Waals surface area contributed by atoms with Crippen LogP contribution in [0.15, 0.2) is 60.7 Å². The average molecular weight is 373 g/mol. The molecule has 28 heavy (non-hydrogen) atoms. The van der Waals surface area contributed by atoms with Gasteiger partial charge in [0, 0.05) is 12.2 Å². The third-order valence-corrected chi connectivity index (χ3v) is 4.23. The molecule has 142 valence electrons. The molecular formula is C23H23N3O2. The van der Waals surface area contributed by atoms with Crippen molar-refractivity contribution in [2.45, 2.75) is 27.3 Å². The molecule has 2 aromatic carbocycles. The number of aromatic nitrogens is 1. The Labute approximate surface area is 164 Å². The van der Waals surface area contributed by atoms with Crippen molar-refractivity contribution in [1.82, 2.24) is 10.3 Å². The molecule has 1 heterocycles. The lowest BCUT2D eigenvalue weighted by atomic mass is 10.1. The first-order valence-electron chi connectivity index (χ1n) is 9.11. The van der Waals surface area contributed by atoms with Gasteiger partial charge in [-0.1, -0.05) is 42.0 Å². The largest absolute Gasteiger partial charge is 0.347 e. The van der Waals surface area contributed by atoms with Crippen LogP contribution in [0.25, 0.3) is 0 Å². The van der Waals surface area contributed by atoms with Crippen LogP contribution in [-0.4, -0.2) is 16.8 Å². The van der Waals surface area contributed by atoms with Gasteiger partial charge in [0.05, 0.1) is 0 Å². The number of pyridine rings is 1. The quantitative estimate of drug-likeness (QED) is 0.704. The van der Waals surface area contributed by atoms with E-state index < -0.39 is 0 Å². The van der Waals surface area contributed by atoms with Gasteiger partial charge in [-0.05, 0) is 61.7 Å². The van der Waals surface area contributed by atoms with Gasteiger partial charge in [-0.3, -0.25) is 9.59 Å². The molecule has 0 aliphatic heterocycles.